The molecule has 3 aromatic rings. The van der Waals surface area contributed by atoms with Gasteiger partial charge in [0.2, 0.25) is 0 Å². The van der Waals surface area contributed by atoms with Crippen molar-refractivity contribution in [1.29, 1.82) is 0 Å². The number of benzene rings is 2. The highest BCUT2D eigenvalue weighted by Gasteiger charge is 2.04. The molecule has 1 heterocycles. The SMILES string of the molecule is CC(CNc1ccc(-n2nccn2)cc1)c1ccccc1. The predicted octanol–water partition coefficient (Wildman–Crippen LogP) is 3.48. The number of rotatable bonds is 5. The maximum atomic E-state index is 4.12. The Labute approximate surface area is 124 Å². The topological polar surface area (TPSA) is 42.7 Å². The number of aromatic nitrogens is 3. The molecule has 0 aliphatic rings. The zero-order valence-corrected chi connectivity index (χ0v) is 12.0. The van der Waals surface area contributed by atoms with Crippen LogP contribution in [0.2, 0.25) is 0 Å². The molecule has 4 heteroatoms. The van der Waals surface area contributed by atoms with Crippen molar-refractivity contribution >= 4 is 5.69 Å². The Bertz CT molecular complexity index is 660. The first-order valence-electron chi connectivity index (χ1n) is 7.08. The van der Waals surface area contributed by atoms with Gasteiger partial charge in [0, 0.05) is 12.2 Å². The van der Waals surface area contributed by atoms with Gasteiger partial charge in [0.05, 0.1) is 18.1 Å². The minimum absolute atomic E-state index is 0.471. The highest BCUT2D eigenvalue weighted by molar-refractivity contribution is 5.48. The van der Waals surface area contributed by atoms with Gasteiger partial charge in [0.25, 0.3) is 0 Å². The molecule has 0 saturated heterocycles. The van der Waals surface area contributed by atoms with E-state index in [1.165, 1.54) is 5.56 Å². The van der Waals surface area contributed by atoms with Gasteiger partial charge in [0.1, 0.15) is 0 Å². The van der Waals surface area contributed by atoms with Crippen LogP contribution in [0.25, 0.3) is 5.69 Å². The van der Waals surface area contributed by atoms with E-state index >= 15 is 0 Å². The number of nitrogens with zero attached hydrogens (tertiary/aromatic N) is 3. The van der Waals surface area contributed by atoms with E-state index in [0.29, 0.717) is 5.92 Å². The van der Waals surface area contributed by atoms with E-state index in [4.69, 9.17) is 0 Å². The van der Waals surface area contributed by atoms with Crippen molar-refractivity contribution in [2.45, 2.75) is 12.8 Å². The van der Waals surface area contributed by atoms with Gasteiger partial charge in [-0.3, -0.25) is 0 Å². The van der Waals surface area contributed by atoms with Gasteiger partial charge in [-0.2, -0.15) is 15.0 Å². The fourth-order valence-electron chi connectivity index (χ4n) is 2.23. The zero-order chi connectivity index (χ0) is 14.5. The van der Waals surface area contributed by atoms with Crippen molar-refractivity contribution in [3.05, 3.63) is 72.6 Å². The van der Waals surface area contributed by atoms with E-state index in [-0.39, 0.29) is 0 Å². The molecule has 21 heavy (non-hydrogen) atoms. The van der Waals surface area contributed by atoms with Crippen molar-refractivity contribution in [2.75, 3.05) is 11.9 Å². The maximum Gasteiger partial charge on any atom is 0.0858 e. The summed E-state index contributed by atoms with van der Waals surface area (Å²) < 4.78 is 0. The Balaban J connectivity index is 1.61. The van der Waals surface area contributed by atoms with Gasteiger partial charge >= 0.3 is 0 Å². The van der Waals surface area contributed by atoms with Gasteiger partial charge in [0.15, 0.2) is 0 Å². The summed E-state index contributed by atoms with van der Waals surface area (Å²) in [5, 5.41) is 11.7. The smallest absolute Gasteiger partial charge is 0.0858 e. The van der Waals surface area contributed by atoms with E-state index in [2.05, 4.69) is 58.8 Å². The second kappa shape index (κ2) is 6.22. The highest BCUT2D eigenvalue weighted by atomic mass is 15.5. The summed E-state index contributed by atoms with van der Waals surface area (Å²) in [5.74, 6) is 0.471. The average Bonchev–Trinajstić information content (AvgIpc) is 3.08. The fourth-order valence-corrected chi connectivity index (χ4v) is 2.23. The van der Waals surface area contributed by atoms with E-state index in [0.717, 1.165) is 17.9 Å². The van der Waals surface area contributed by atoms with Crippen LogP contribution in [0.1, 0.15) is 18.4 Å². The molecule has 106 valence electrons. The third-order valence-electron chi connectivity index (χ3n) is 3.50. The molecule has 0 radical (unpaired) electrons. The van der Waals surface area contributed by atoms with Crippen molar-refractivity contribution in [2.24, 2.45) is 0 Å². The van der Waals surface area contributed by atoms with Crippen LogP contribution in [-0.4, -0.2) is 21.5 Å². The summed E-state index contributed by atoms with van der Waals surface area (Å²) in [7, 11) is 0. The Morgan fingerprint density at radius 2 is 1.62 bits per heavy atom. The molecule has 0 bridgehead atoms. The summed E-state index contributed by atoms with van der Waals surface area (Å²) in [6.07, 6.45) is 3.35. The highest BCUT2D eigenvalue weighted by Crippen LogP contribution is 2.17. The average molecular weight is 278 g/mol. The van der Waals surface area contributed by atoms with Gasteiger partial charge in [-0.1, -0.05) is 37.3 Å². The molecule has 0 aliphatic carbocycles. The molecule has 0 saturated carbocycles. The second-order valence-electron chi connectivity index (χ2n) is 5.06. The molecule has 3 rings (SSSR count). The molecule has 0 spiro atoms. The molecule has 0 aliphatic heterocycles. The van der Waals surface area contributed by atoms with Crippen LogP contribution in [-0.2, 0) is 0 Å². The van der Waals surface area contributed by atoms with Crippen LogP contribution in [0, 0.1) is 0 Å². The molecule has 1 atom stereocenters. The standard InChI is InChI=1S/C17H18N4/c1-14(15-5-3-2-4-6-15)13-18-16-7-9-17(10-8-16)21-19-11-12-20-21/h2-12,14,18H,13H2,1H3. The van der Waals surface area contributed by atoms with Crippen LogP contribution < -0.4 is 5.32 Å². The maximum absolute atomic E-state index is 4.12. The summed E-state index contributed by atoms with van der Waals surface area (Å²) in [6.45, 7) is 3.13. The molecule has 4 nitrogen and oxygen atoms in total. The number of anilines is 1. The molecular weight excluding hydrogens is 260 g/mol. The molecule has 0 amide bonds. The third kappa shape index (κ3) is 3.28. The van der Waals surface area contributed by atoms with Gasteiger partial charge in [-0.15, -0.1) is 0 Å². The predicted molar refractivity (Wildman–Crippen MR) is 84.7 cm³/mol. The Morgan fingerprint density at radius 1 is 0.952 bits per heavy atom. The first kappa shape index (κ1) is 13.4. The van der Waals surface area contributed by atoms with Crippen molar-refractivity contribution < 1.29 is 0 Å². The van der Waals surface area contributed by atoms with Crippen LogP contribution in [0.4, 0.5) is 5.69 Å². The quantitative estimate of drug-likeness (QED) is 0.777. The molecule has 1 unspecified atom stereocenters. The fraction of sp³-hybridized carbons (Fsp3) is 0.176. The van der Waals surface area contributed by atoms with Gasteiger partial charge in [-0.25, -0.2) is 0 Å². The summed E-state index contributed by atoms with van der Waals surface area (Å²) in [5.41, 5.74) is 3.41. The minimum Gasteiger partial charge on any atom is -0.384 e. The summed E-state index contributed by atoms with van der Waals surface area (Å²) in [6, 6.07) is 18.7. The second-order valence-corrected chi connectivity index (χ2v) is 5.06. The Morgan fingerprint density at radius 3 is 2.29 bits per heavy atom. The van der Waals surface area contributed by atoms with Crippen molar-refractivity contribution in [3.63, 3.8) is 0 Å². The van der Waals surface area contributed by atoms with E-state index in [9.17, 15) is 0 Å². The Kier molecular flexibility index (Phi) is 3.96. The number of hydrogen-bond donors (Lipinski definition) is 1. The third-order valence-corrected chi connectivity index (χ3v) is 3.50. The van der Waals surface area contributed by atoms with Crippen LogP contribution in [0.5, 0.6) is 0 Å². The van der Waals surface area contributed by atoms with E-state index in [1.807, 2.05) is 18.2 Å². The van der Waals surface area contributed by atoms with E-state index in [1.54, 1.807) is 17.2 Å². The molecular formula is C17H18N4. The minimum atomic E-state index is 0.471. The first-order valence-corrected chi connectivity index (χ1v) is 7.08. The monoisotopic (exact) mass is 278 g/mol. The lowest BCUT2D eigenvalue weighted by Gasteiger charge is -2.14. The van der Waals surface area contributed by atoms with Gasteiger partial charge in [-0.05, 0) is 35.7 Å². The lowest BCUT2D eigenvalue weighted by Crippen LogP contribution is -2.09. The normalized spacial score (nSPS) is 12.0. The van der Waals surface area contributed by atoms with Crippen molar-refractivity contribution in [3.8, 4) is 5.69 Å². The van der Waals surface area contributed by atoms with Crippen LogP contribution in [0.3, 0.4) is 0 Å². The Hall–Kier alpha value is -2.62. The zero-order valence-electron chi connectivity index (χ0n) is 12.0. The van der Waals surface area contributed by atoms with Crippen LogP contribution >= 0.6 is 0 Å². The first-order chi connectivity index (χ1) is 10.3. The lowest BCUT2D eigenvalue weighted by molar-refractivity contribution is 0.752. The van der Waals surface area contributed by atoms with Gasteiger partial charge < -0.3 is 5.32 Å². The largest absolute Gasteiger partial charge is 0.384 e. The summed E-state index contributed by atoms with van der Waals surface area (Å²) >= 11 is 0. The lowest BCUT2D eigenvalue weighted by atomic mass is 10.0. The summed E-state index contributed by atoms with van der Waals surface area (Å²) in [4.78, 5) is 1.61. The molecule has 1 aromatic heterocycles. The van der Waals surface area contributed by atoms with E-state index < -0.39 is 0 Å². The molecule has 2 aromatic carbocycles. The van der Waals surface area contributed by atoms with Crippen LogP contribution in [0.15, 0.2) is 67.0 Å². The number of nitrogens with one attached hydrogen (secondary N) is 1. The van der Waals surface area contributed by atoms with Crippen molar-refractivity contribution in [1.82, 2.24) is 15.0 Å². The molecule has 1 N–H and O–H groups in total. The molecule has 0 fully saturated rings. The number of hydrogen-bond acceptors (Lipinski definition) is 3.